The Morgan fingerprint density at radius 2 is 1.66 bits per heavy atom. The van der Waals surface area contributed by atoms with Crippen LogP contribution in [0.5, 0.6) is 0 Å². The van der Waals surface area contributed by atoms with Gasteiger partial charge < -0.3 is 10.1 Å². The number of hydrogen-bond acceptors (Lipinski definition) is 6. The molecule has 0 saturated carbocycles. The number of amides is 1. The lowest BCUT2D eigenvalue weighted by molar-refractivity contribution is -0.155. The SMILES string of the molecule is CC(C)C(=[NH2+])C(=O)OCC[C@H](NC(=O)[C@@H]1SCCN1S(=O)(=O)c1ccc(-c2ccccc2)cc1)c1ccc(F)cc1. The number of halogens is 1. The number of carbonyl (C=O) groups excluding carboxylic acids is 2. The minimum Gasteiger partial charge on any atom is -0.458 e. The predicted octanol–water partition coefficient (Wildman–Crippen LogP) is 3.20. The van der Waals surface area contributed by atoms with E-state index in [0.29, 0.717) is 11.3 Å². The first-order valence-corrected chi connectivity index (χ1v) is 15.7. The van der Waals surface area contributed by atoms with E-state index in [1.807, 2.05) is 30.3 Å². The Labute approximate surface area is 243 Å². The number of nitrogens with two attached hydrogens (primary N) is 1. The van der Waals surface area contributed by atoms with Gasteiger partial charge in [0.15, 0.2) is 0 Å². The number of ether oxygens (including phenoxy) is 1. The molecule has 0 aliphatic carbocycles. The number of nitrogens with one attached hydrogen (secondary N) is 1. The van der Waals surface area contributed by atoms with Gasteiger partial charge >= 0.3 is 5.97 Å². The third kappa shape index (κ3) is 7.41. The van der Waals surface area contributed by atoms with Gasteiger partial charge in [-0.05, 0) is 41.0 Å². The standard InChI is InChI=1S/C30H32FN3O5S2/c1-20(2)27(32)30(36)39-18-16-26(23-8-12-24(31)13-9-23)33-28(35)29-34(17-19-40-29)41(37,38)25-14-10-22(11-15-25)21-6-4-3-5-7-21/h3-15,20,26,29,32H,16-19H2,1-2H3,(H,33,35)/p+1/t26-,29-/m0/s1. The third-order valence-electron chi connectivity index (χ3n) is 6.73. The van der Waals surface area contributed by atoms with Crippen LogP contribution in [0, 0.1) is 11.7 Å². The van der Waals surface area contributed by atoms with Crippen LogP contribution in [0.1, 0.15) is 31.9 Å². The van der Waals surface area contributed by atoms with Gasteiger partial charge in [-0.15, -0.1) is 11.8 Å². The molecule has 4 rings (SSSR count). The lowest BCUT2D eigenvalue weighted by Crippen LogP contribution is -2.49. The van der Waals surface area contributed by atoms with Crippen molar-refractivity contribution in [3.63, 3.8) is 0 Å². The van der Waals surface area contributed by atoms with Crippen LogP contribution in [0.2, 0.25) is 0 Å². The monoisotopic (exact) mass is 598 g/mol. The van der Waals surface area contributed by atoms with Gasteiger partial charge in [0.05, 0.1) is 17.5 Å². The van der Waals surface area contributed by atoms with Crippen molar-refractivity contribution in [3.8, 4) is 11.1 Å². The molecule has 0 radical (unpaired) electrons. The molecule has 1 fully saturated rings. The fraction of sp³-hybridized carbons (Fsp3) is 0.300. The van der Waals surface area contributed by atoms with E-state index in [1.165, 1.54) is 40.3 Å². The molecule has 1 amide bonds. The number of thioether (sulfide) groups is 1. The van der Waals surface area contributed by atoms with Crippen molar-refractivity contribution in [2.45, 2.75) is 36.6 Å². The van der Waals surface area contributed by atoms with E-state index in [-0.39, 0.29) is 36.1 Å². The van der Waals surface area contributed by atoms with Crippen molar-refractivity contribution in [2.75, 3.05) is 18.9 Å². The number of esters is 1. The summed E-state index contributed by atoms with van der Waals surface area (Å²) in [5, 5.41) is 7.67. The summed E-state index contributed by atoms with van der Waals surface area (Å²) >= 11 is 1.23. The first-order chi connectivity index (χ1) is 19.6. The summed E-state index contributed by atoms with van der Waals surface area (Å²) in [5.74, 6) is -1.32. The highest BCUT2D eigenvalue weighted by Crippen LogP contribution is 2.32. The van der Waals surface area contributed by atoms with Crippen molar-refractivity contribution < 1.29 is 32.5 Å². The Bertz CT molecular complexity index is 1480. The first kappa shape index (κ1) is 30.4. The molecule has 0 spiro atoms. The molecule has 1 aliphatic heterocycles. The molecule has 0 bridgehead atoms. The molecule has 8 nitrogen and oxygen atoms in total. The first-order valence-electron chi connectivity index (χ1n) is 13.2. The second-order valence-electron chi connectivity index (χ2n) is 9.88. The number of nitrogens with zero attached hydrogens (tertiary/aromatic N) is 1. The van der Waals surface area contributed by atoms with Gasteiger partial charge in [0.2, 0.25) is 15.9 Å². The van der Waals surface area contributed by atoms with Crippen molar-refractivity contribution in [3.05, 3.63) is 90.2 Å². The second-order valence-corrected chi connectivity index (χ2v) is 13.0. The Hall–Kier alpha value is -3.54. The van der Waals surface area contributed by atoms with E-state index < -0.39 is 39.1 Å². The van der Waals surface area contributed by atoms with Crippen molar-refractivity contribution in [1.82, 2.24) is 9.62 Å². The van der Waals surface area contributed by atoms with E-state index in [9.17, 15) is 22.4 Å². The molecule has 1 saturated heterocycles. The van der Waals surface area contributed by atoms with Crippen molar-refractivity contribution in [1.29, 1.82) is 0 Å². The predicted molar refractivity (Wildman–Crippen MR) is 157 cm³/mol. The van der Waals surface area contributed by atoms with Crippen LogP contribution in [0.25, 0.3) is 11.1 Å². The molecule has 3 N–H and O–H groups in total. The van der Waals surface area contributed by atoms with Gasteiger partial charge in [0.1, 0.15) is 11.2 Å². The minimum absolute atomic E-state index is 0.0534. The van der Waals surface area contributed by atoms with Gasteiger partial charge in [-0.2, -0.15) is 4.31 Å². The summed E-state index contributed by atoms with van der Waals surface area (Å²) < 4.78 is 47.2. The van der Waals surface area contributed by atoms with Crippen LogP contribution in [0.3, 0.4) is 0 Å². The fourth-order valence-corrected chi connectivity index (χ4v) is 7.43. The van der Waals surface area contributed by atoms with E-state index in [2.05, 4.69) is 5.32 Å². The smallest absolute Gasteiger partial charge is 0.398 e. The maximum Gasteiger partial charge on any atom is 0.398 e. The molecule has 41 heavy (non-hydrogen) atoms. The molecule has 216 valence electrons. The molecule has 1 heterocycles. The van der Waals surface area contributed by atoms with Crippen molar-refractivity contribution >= 4 is 39.4 Å². The largest absolute Gasteiger partial charge is 0.458 e. The summed E-state index contributed by atoms with van der Waals surface area (Å²) in [6.45, 7) is 3.67. The summed E-state index contributed by atoms with van der Waals surface area (Å²) in [4.78, 5) is 25.7. The molecule has 0 unspecified atom stereocenters. The van der Waals surface area contributed by atoms with E-state index in [1.54, 1.807) is 38.1 Å². The zero-order valence-electron chi connectivity index (χ0n) is 22.8. The topological polar surface area (TPSA) is 118 Å². The summed E-state index contributed by atoms with van der Waals surface area (Å²) in [6.07, 6.45) is 0.180. The quantitative estimate of drug-likeness (QED) is 0.259. The summed E-state index contributed by atoms with van der Waals surface area (Å²) in [5.41, 5.74) is 2.52. The van der Waals surface area contributed by atoms with Gasteiger partial charge in [-0.25, -0.2) is 17.6 Å². The van der Waals surface area contributed by atoms with Gasteiger partial charge in [0, 0.05) is 24.6 Å². The average molecular weight is 599 g/mol. The van der Waals surface area contributed by atoms with Crippen LogP contribution >= 0.6 is 11.8 Å². The van der Waals surface area contributed by atoms with Gasteiger partial charge in [-0.3, -0.25) is 10.2 Å². The molecule has 3 aromatic carbocycles. The number of sulfonamides is 1. The third-order valence-corrected chi connectivity index (χ3v) is 9.94. The molecule has 0 aromatic heterocycles. The summed E-state index contributed by atoms with van der Waals surface area (Å²) in [6, 6.07) is 21.1. The molecule has 1 aliphatic rings. The van der Waals surface area contributed by atoms with Gasteiger partial charge in [-0.1, -0.05) is 68.4 Å². The van der Waals surface area contributed by atoms with Crippen LogP contribution in [-0.2, 0) is 24.3 Å². The average Bonchev–Trinajstić information content (AvgIpc) is 3.48. The second kappa shape index (κ2) is 13.4. The lowest BCUT2D eigenvalue weighted by Gasteiger charge is -2.26. The zero-order chi connectivity index (χ0) is 29.6. The Morgan fingerprint density at radius 3 is 2.29 bits per heavy atom. The van der Waals surface area contributed by atoms with Crippen molar-refractivity contribution in [2.24, 2.45) is 5.92 Å². The number of benzene rings is 3. The number of rotatable bonds is 11. The van der Waals surface area contributed by atoms with Crippen LogP contribution in [-0.4, -0.2) is 54.6 Å². The maximum absolute atomic E-state index is 13.6. The Balaban J connectivity index is 1.48. The molecular weight excluding hydrogens is 565 g/mol. The van der Waals surface area contributed by atoms with Crippen LogP contribution < -0.4 is 10.7 Å². The van der Waals surface area contributed by atoms with E-state index in [0.717, 1.165) is 11.1 Å². The molecule has 11 heteroatoms. The molecule has 2 atom stereocenters. The maximum atomic E-state index is 13.6. The van der Waals surface area contributed by atoms with Crippen LogP contribution in [0.4, 0.5) is 4.39 Å². The minimum atomic E-state index is -3.97. The highest BCUT2D eigenvalue weighted by atomic mass is 32.2. The lowest BCUT2D eigenvalue weighted by atomic mass is 10.0. The van der Waals surface area contributed by atoms with E-state index >= 15 is 0 Å². The van der Waals surface area contributed by atoms with Crippen LogP contribution in [0.15, 0.2) is 83.8 Å². The Morgan fingerprint density at radius 1 is 1.02 bits per heavy atom. The molecule has 3 aromatic rings. The highest BCUT2D eigenvalue weighted by molar-refractivity contribution is 8.02. The molecular formula is C30H33FN3O5S2+. The zero-order valence-corrected chi connectivity index (χ0v) is 24.5. The number of carbonyl (C=O) groups is 2. The number of hydrogen-bond donors (Lipinski definition) is 2. The fourth-order valence-electron chi connectivity index (χ4n) is 4.34. The van der Waals surface area contributed by atoms with E-state index in [4.69, 9.17) is 10.1 Å². The van der Waals surface area contributed by atoms with Gasteiger partial charge in [0.25, 0.3) is 5.71 Å². The summed E-state index contributed by atoms with van der Waals surface area (Å²) in [7, 11) is -3.97. The normalized spacial score (nSPS) is 16.3. The Kier molecular flexibility index (Phi) is 9.95. The highest BCUT2D eigenvalue weighted by Gasteiger charge is 2.41.